The Labute approximate surface area is 141 Å². The number of aliphatic hydroxyl groups is 1. The van der Waals surface area contributed by atoms with Gasteiger partial charge in [-0.05, 0) is 24.6 Å². The number of hydrogen-bond donors (Lipinski definition) is 1. The van der Waals surface area contributed by atoms with E-state index in [1.165, 1.54) is 0 Å². The van der Waals surface area contributed by atoms with Gasteiger partial charge in [-0.15, -0.1) is 0 Å². The summed E-state index contributed by atoms with van der Waals surface area (Å²) in [6, 6.07) is 7.40. The van der Waals surface area contributed by atoms with Crippen LogP contribution in [0, 0.1) is 0 Å². The SMILES string of the molecule is CCC(CO)N1CCN(C(=O)c2cccc(-n3cccn3)n2)CC1. The van der Waals surface area contributed by atoms with E-state index in [4.69, 9.17) is 0 Å². The number of aromatic nitrogens is 3. The maximum absolute atomic E-state index is 12.7. The molecule has 0 bridgehead atoms. The molecule has 128 valence electrons. The molecule has 1 fully saturated rings. The molecule has 7 heteroatoms. The lowest BCUT2D eigenvalue weighted by atomic mass is 10.1. The maximum atomic E-state index is 12.7. The molecule has 1 amide bonds. The third-order valence-electron chi connectivity index (χ3n) is 4.49. The summed E-state index contributed by atoms with van der Waals surface area (Å²) >= 11 is 0. The van der Waals surface area contributed by atoms with Crippen molar-refractivity contribution in [2.75, 3.05) is 32.8 Å². The smallest absolute Gasteiger partial charge is 0.272 e. The summed E-state index contributed by atoms with van der Waals surface area (Å²) < 4.78 is 1.64. The van der Waals surface area contributed by atoms with Gasteiger partial charge in [0.2, 0.25) is 0 Å². The van der Waals surface area contributed by atoms with Crippen molar-refractivity contribution in [2.24, 2.45) is 0 Å². The van der Waals surface area contributed by atoms with Crippen LogP contribution >= 0.6 is 0 Å². The minimum atomic E-state index is -0.0549. The fraction of sp³-hybridized carbons (Fsp3) is 0.471. The van der Waals surface area contributed by atoms with E-state index in [9.17, 15) is 9.90 Å². The summed E-state index contributed by atoms with van der Waals surface area (Å²) in [5.41, 5.74) is 0.436. The van der Waals surface area contributed by atoms with Gasteiger partial charge in [-0.1, -0.05) is 13.0 Å². The summed E-state index contributed by atoms with van der Waals surface area (Å²) in [5.74, 6) is 0.580. The van der Waals surface area contributed by atoms with E-state index in [-0.39, 0.29) is 18.6 Å². The molecule has 1 aliphatic rings. The summed E-state index contributed by atoms with van der Waals surface area (Å²) in [6.07, 6.45) is 4.40. The molecule has 0 aromatic carbocycles. The molecule has 1 unspecified atom stereocenters. The van der Waals surface area contributed by atoms with Crippen LogP contribution in [0.3, 0.4) is 0 Å². The van der Waals surface area contributed by atoms with Gasteiger partial charge in [0, 0.05) is 44.6 Å². The Bertz CT molecular complexity index is 661. The minimum absolute atomic E-state index is 0.0549. The van der Waals surface area contributed by atoms with Gasteiger partial charge in [0.1, 0.15) is 5.69 Å². The number of rotatable bonds is 5. The molecule has 1 aliphatic heterocycles. The first-order valence-electron chi connectivity index (χ1n) is 8.34. The van der Waals surface area contributed by atoms with Crippen LogP contribution in [0.15, 0.2) is 36.7 Å². The number of piperazine rings is 1. The highest BCUT2D eigenvalue weighted by atomic mass is 16.3. The second kappa shape index (κ2) is 7.55. The van der Waals surface area contributed by atoms with Crippen molar-refractivity contribution >= 4 is 5.91 Å². The standard InChI is InChI=1S/C17H23N5O2/c1-2-14(13-23)20-9-11-21(12-10-20)17(24)15-5-3-6-16(19-15)22-8-4-7-18-22/h3-8,14,23H,2,9-13H2,1H3. The summed E-state index contributed by atoms with van der Waals surface area (Å²) in [6.45, 7) is 5.11. The van der Waals surface area contributed by atoms with Crippen molar-refractivity contribution in [1.82, 2.24) is 24.6 Å². The van der Waals surface area contributed by atoms with Gasteiger partial charge >= 0.3 is 0 Å². The number of hydrogen-bond acceptors (Lipinski definition) is 5. The molecule has 1 saturated heterocycles. The Morgan fingerprint density at radius 2 is 2.04 bits per heavy atom. The highest BCUT2D eigenvalue weighted by Crippen LogP contribution is 2.12. The molecule has 3 rings (SSSR count). The molecule has 0 aliphatic carbocycles. The molecule has 0 saturated carbocycles. The molecular weight excluding hydrogens is 306 g/mol. The van der Waals surface area contributed by atoms with Crippen molar-refractivity contribution in [2.45, 2.75) is 19.4 Å². The predicted octanol–water partition coefficient (Wildman–Crippen LogP) is 0.796. The lowest BCUT2D eigenvalue weighted by Gasteiger charge is -2.38. The van der Waals surface area contributed by atoms with E-state index in [0.717, 1.165) is 19.5 Å². The molecule has 2 aromatic rings. The van der Waals surface area contributed by atoms with Gasteiger partial charge in [0.15, 0.2) is 5.82 Å². The normalized spacial score (nSPS) is 17.0. The van der Waals surface area contributed by atoms with Gasteiger partial charge in [0.25, 0.3) is 5.91 Å². The van der Waals surface area contributed by atoms with Gasteiger partial charge in [0.05, 0.1) is 6.61 Å². The minimum Gasteiger partial charge on any atom is -0.395 e. The van der Waals surface area contributed by atoms with Crippen LogP contribution in [-0.2, 0) is 0 Å². The Hall–Kier alpha value is -2.25. The molecule has 0 radical (unpaired) electrons. The zero-order chi connectivity index (χ0) is 16.9. The third-order valence-corrected chi connectivity index (χ3v) is 4.49. The van der Waals surface area contributed by atoms with E-state index < -0.39 is 0 Å². The van der Waals surface area contributed by atoms with Gasteiger partial charge in [-0.3, -0.25) is 9.69 Å². The first kappa shape index (κ1) is 16.6. The highest BCUT2D eigenvalue weighted by Gasteiger charge is 2.26. The number of carbonyl (C=O) groups is 1. The maximum Gasteiger partial charge on any atom is 0.272 e. The lowest BCUT2D eigenvalue weighted by molar-refractivity contribution is 0.0468. The van der Waals surface area contributed by atoms with Crippen molar-refractivity contribution in [3.05, 3.63) is 42.4 Å². The second-order valence-corrected chi connectivity index (χ2v) is 5.90. The van der Waals surface area contributed by atoms with Crippen LogP contribution in [0.2, 0.25) is 0 Å². The first-order valence-corrected chi connectivity index (χ1v) is 8.34. The largest absolute Gasteiger partial charge is 0.395 e. The van der Waals surface area contributed by atoms with Crippen molar-refractivity contribution < 1.29 is 9.90 Å². The molecule has 24 heavy (non-hydrogen) atoms. The topological polar surface area (TPSA) is 74.5 Å². The summed E-state index contributed by atoms with van der Waals surface area (Å²) in [5, 5.41) is 13.6. The number of aliphatic hydroxyl groups excluding tert-OH is 1. The monoisotopic (exact) mass is 329 g/mol. The predicted molar refractivity (Wildman–Crippen MR) is 90.0 cm³/mol. The molecule has 3 heterocycles. The molecule has 0 spiro atoms. The van der Waals surface area contributed by atoms with Crippen molar-refractivity contribution in [1.29, 1.82) is 0 Å². The first-order chi connectivity index (χ1) is 11.7. The molecule has 1 N–H and O–H groups in total. The van der Waals surface area contributed by atoms with Crippen molar-refractivity contribution in [3.8, 4) is 5.82 Å². The van der Waals surface area contributed by atoms with E-state index in [0.29, 0.717) is 24.6 Å². The molecule has 2 aromatic heterocycles. The van der Waals surface area contributed by atoms with Crippen LogP contribution in [0.5, 0.6) is 0 Å². The van der Waals surface area contributed by atoms with E-state index in [1.54, 1.807) is 23.1 Å². The number of pyridine rings is 1. The van der Waals surface area contributed by atoms with Gasteiger partial charge in [-0.2, -0.15) is 5.10 Å². The molecule has 7 nitrogen and oxygen atoms in total. The molecule has 1 atom stereocenters. The van der Waals surface area contributed by atoms with Gasteiger partial charge < -0.3 is 10.0 Å². The number of carbonyl (C=O) groups excluding carboxylic acids is 1. The lowest BCUT2D eigenvalue weighted by Crippen LogP contribution is -2.52. The zero-order valence-corrected chi connectivity index (χ0v) is 13.9. The van der Waals surface area contributed by atoms with E-state index in [2.05, 4.69) is 21.9 Å². The second-order valence-electron chi connectivity index (χ2n) is 5.90. The summed E-state index contributed by atoms with van der Waals surface area (Å²) in [7, 11) is 0. The molecular formula is C17H23N5O2. The van der Waals surface area contributed by atoms with Crippen LogP contribution in [-0.4, -0.2) is 74.4 Å². The fourth-order valence-electron chi connectivity index (χ4n) is 3.03. The van der Waals surface area contributed by atoms with E-state index >= 15 is 0 Å². The number of amides is 1. The fourth-order valence-corrected chi connectivity index (χ4v) is 3.03. The van der Waals surface area contributed by atoms with E-state index in [1.807, 2.05) is 23.1 Å². The Kier molecular flexibility index (Phi) is 5.22. The quantitative estimate of drug-likeness (QED) is 0.878. The van der Waals surface area contributed by atoms with Crippen LogP contribution in [0.25, 0.3) is 5.82 Å². The van der Waals surface area contributed by atoms with Crippen LogP contribution in [0.1, 0.15) is 23.8 Å². The summed E-state index contributed by atoms with van der Waals surface area (Å²) in [4.78, 5) is 21.2. The zero-order valence-electron chi connectivity index (χ0n) is 13.9. The van der Waals surface area contributed by atoms with Crippen LogP contribution < -0.4 is 0 Å². The Morgan fingerprint density at radius 3 is 2.67 bits per heavy atom. The Morgan fingerprint density at radius 1 is 1.25 bits per heavy atom. The van der Waals surface area contributed by atoms with Crippen LogP contribution in [0.4, 0.5) is 0 Å². The number of nitrogens with zero attached hydrogens (tertiary/aromatic N) is 5. The Balaban J connectivity index is 1.67. The third kappa shape index (κ3) is 3.47. The van der Waals surface area contributed by atoms with Gasteiger partial charge in [-0.25, -0.2) is 9.67 Å². The average molecular weight is 329 g/mol. The average Bonchev–Trinajstić information content (AvgIpc) is 3.18. The van der Waals surface area contributed by atoms with Crippen molar-refractivity contribution in [3.63, 3.8) is 0 Å². The highest BCUT2D eigenvalue weighted by molar-refractivity contribution is 5.92.